The van der Waals surface area contributed by atoms with Gasteiger partial charge in [0.15, 0.2) is 0 Å². The normalized spacial score (nSPS) is 11.8. The highest BCUT2D eigenvalue weighted by Gasteiger charge is 2.15. The molecule has 0 aliphatic rings. The monoisotopic (exact) mass is 369 g/mol. The van der Waals surface area contributed by atoms with Gasteiger partial charge < -0.3 is 10.1 Å². The number of nitrogens with one attached hydrogen (secondary N) is 1. The predicted octanol–water partition coefficient (Wildman–Crippen LogP) is 4.97. The molecule has 1 N–H and O–H groups in total. The van der Waals surface area contributed by atoms with E-state index in [9.17, 15) is 4.79 Å². The number of carbonyl (C=O) groups excluding carboxylic acids is 1. The Labute approximate surface area is 150 Å². The second-order valence-corrected chi connectivity index (χ2v) is 6.67. The van der Waals surface area contributed by atoms with Crippen molar-refractivity contribution in [2.24, 2.45) is 0 Å². The van der Waals surface area contributed by atoms with Gasteiger partial charge in [0.05, 0.1) is 28.9 Å². The van der Waals surface area contributed by atoms with E-state index in [-0.39, 0.29) is 17.7 Å². The molecule has 2 aromatic rings. The Morgan fingerprint density at radius 1 is 1.17 bits per heavy atom. The van der Waals surface area contributed by atoms with E-state index in [1.54, 1.807) is 25.3 Å². The highest BCUT2D eigenvalue weighted by atomic mass is 35.5. The van der Waals surface area contributed by atoms with Crippen molar-refractivity contribution in [2.45, 2.75) is 17.9 Å². The molecule has 2 rings (SSSR count). The van der Waals surface area contributed by atoms with Gasteiger partial charge in [0, 0.05) is 10.5 Å². The first-order valence-electron chi connectivity index (χ1n) is 7.02. The Hall–Kier alpha value is -1.36. The van der Waals surface area contributed by atoms with Gasteiger partial charge in [-0.25, -0.2) is 0 Å². The molecule has 0 bridgehead atoms. The van der Waals surface area contributed by atoms with Gasteiger partial charge in [0.2, 0.25) is 5.91 Å². The summed E-state index contributed by atoms with van der Waals surface area (Å²) < 4.78 is 5.32. The van der Waals surface area contributed by atoms with Gasteiger partial charge in [-0.2, -0.15) is 0 Å². The lowest BCUT2D eigenvalue weighted by molar-refractivity contribution is -0.119. The number of hydrogen-bond donors (Lipinski definition) is 1. The van der Waals surface area contributed by atoms with E-state index in [2.05, 4.69) is 5.32 Å². The maximum absolute atomic E-state index is 12.2. The number of amides is 1. The zero-order valence-electron chi connectivity index (χ0n) is 12.8. The molecule has 122 valence electrons. The van der Waals surface area contributed by atoms with E-state index in [0.29, 0.717) is 10.0 Å². The Morgan fingerprint density at radius 2 is 1.83 bits per heavy atom. The minimum Gasteiger partial charge on any atom is -0.496 e. The number of para-hydroxylation sites is 1. The first-order chi connectivity index (χ1) is 11.0. The molecule has 0 heterocycles. The summed E-state index contributed by atoms with van der Waals surface area (Å²) in [5, 5.41) is 4.05. The van der Waals surface area contributed by atoms with Crippen LogP contribution in [0, 0.1) is 0 Å². The smallest absolute Gasteiger partial charge is 0.230 e. The molecule has 1 unspecified atom stereocenters. The summed E-state index contributed by atoms with van der Waals surface area (Å²) in [6.45, 7) is 1.92. The summed E-state index contributed by atoms with van der Waals surface area (Å²) in [6.07, 6.45) is 0. The molecule has 0 fully saturated rings. The van der Waals surface area contributed by atoms with Crippen molar-refractivity contribution in [1.29, 1.82) is 0 Å². The lowest BCUT2D eigenvalue weighted by atomic mass is 10.1. The molecule has 1 atom stereocenters. The summed E-state index contributed by atoms with van der Waals surface area (Å²) in [6, 6.07) is 12.7. The van der Waals surface area contributed by atoms with Crippen molar-refractivity contribution >= 4 is 40.9 Å². The van der Waals surface area contributed by atoms with Gasteiger partial charge in [-0.3, -0.25) is 4.79 Å². The van der Waals surface area contributed by atoms with Crippen LogP contribution in [0.15, 0.2) is 47.4 Å². The molecular formula is C17H17Cl2NO2S. The van der Waals surface area contributed by atoms with Crippen molar-refractivity contribution < 1.29 is 9.53 Å². The lowest BCUT2D eigenvalue weighted by Gasteiger charge is -2.17. The van der Waals surface area contributed by atoms with Gasteiger partial charge in [0.25, 0.3) is 0 Å². The summed E-state index contributed by atoms with van der Waals surface area (Å²) in [4.78, 5) is 12.9. The summed E-state index contributed by atoms with van der Waals surface area (Å²) in [7, 11) is 1.61. The number of hydrogen-bond acceptors (Lipinski definition) is 3. The van der Waals surface area contributed by atoms with E-state index < -0.39 is 0 Å². The van der Waals surface area contributed by atoms with Crippen molar-refractivity contribution in [2.75, 3.05) is 12.9 Å². The summed E-state index contributed by atoms with van der Waals surface area (Å²) in [5.74, 6) is 0.898. The van der Waals surface area contributed by atoms with Crippen LogP contribution in [0.5, 0.6) is 5.75 Å². The summed E-state index contributed by atoms with van der Waals surface area (Å²) in [5.41, 5.74) is 0.934. The van der Waals surface area contributed by atoms with E-state index >= 15 is 0 Å². The third kappa shape index (κ3) is 4.80. The van der Waals surface area contributed by atoms with Crippen LogP contribution in [-0.2, 0) is 4.79 Å². The number of methoxy groups -OCH3 is 1. The number of ether oxygens (including phenoxy) is 1. The van der Waals surface area contributed by atoms with Crippen LogP contribution in [-0.4, -0.2) is 18.8 Å². The SMILES string of the molecule is COc1ccccc1C(C)NC(=O)CSc1c(Cl)cccc1Cl. The minimum absolute atomic E-state index is 0.0932. The maximum Gasteiger partial charge on any atom is 0.230 e. The average Bonchev–Trinajstić information content (AvgIpc) is 2.54. The van der Waals surface area contributed by atoms with Crippen molar-refractivity contribution in [3.05, 3.63) is 58.1 Å². The van der Waals surface area contributed by atoms with Crippen molar-refractivity contribution in [1.82, 2.24) is 5.32 Å². The van der Waals surface area contributed by atoms with Crippen LogP contribution in [0.25, 0.3) is 0 Å². The summed E-state index contributed by atoms with van der Waals surface area (Å²) >= 11 is 13.5. The second-order valence-electron chi connectivity index (χ2n) is 4.87. The molecule has 0 radical (unpaired) electrons. The number of thioether (sulfide) groups is 1. The largest absolute Gasteiger partial charge is 0.496 e. The standard InChI is InChI=1S/C17H17Cl2NO2S/c1-11(12-6-3-4-9-15(12)22-2)20-16(21)10-23-17-13(18)7-5-8-14(17)19/h3-9,11H,10H2,1-2H3,(H,20,21). The van der Waals surface area contributed by atoms with Gasteiger partial charge >= 0.3 is 0 Å². The van der Waals surface area contributed by atoms with Gasteiger partial charge in [-0.15, -0.1) is 11.8 Å². The van der Waals surface area contributed by atoms with Crippen molar-refractivity contribution in [3.8, 4) is 5.75 Å². The Morgan fingerprint density at radius 3 is 2.48 bits per heavy atom. The Balaban J connectivity index is 1.97. The molecule has 0 spiro atoms. The van der Waals surface area contributed by atoms with E-state index in [1.165, 1.54) is 11.8 Å². The van der Waals surface area contributed by atoms with Gasteiger partial charge in [-0.05, 0) is 25.1 Å². The molecule has 2 aromatic carbocycles. The topological polar surface area (TPSA) is 38.3 Å². The van der Waals surface area contributed by atoms with Crippen LogP contribution in [0.3, 0.4) is 0 Å². The highest BCUT2D eigenvalue weighted by molar-refractivity contribution is 8.00. The first-order valence-corrected chi connectivity index (χ1v) is 8.76. The average molecular weight is 370 g/mol. The molecule has 0 aromatic heterocycles. The third-order valence-electron chi connectivity index (χ3n) is 3.25. The van der Waals surface area contributed by atoms with Crippen LogP contribution in [0.2, 0.25) is 10.0 Å². The fourth-order valence-electron chi connectivity index (χ4n) is 2.14. The molecule has 3 nitrogen and oxygen atoms in total. The Bertz CT molecular complexity index is 674. The third-order valence-corrected chi connectivity index (χ3v) is 5.24. The second kappa shape index (κ2) is 8.48. The number of halogens is 2. The fourth-order valence-corrected chi connectivity index (χ4v) is 3.64. The van der Waals surface area contributed by atoms with Crippen LogP contribution in [0.1, 0.15) is 18.5 Å². The van der Waals surface area contributed by atoms with Crippen LogP contribution >= 0.6 is 35.0 Å². The van der Waals surface area contributed by atoms with Gasteiger partial charge in [-0.1, -0.05) is 47.5 Å². The zero-order valence-corrected chi connectivity index (χ0v) is 15.1. The van der Waals surface area contributed by atoms with Crippen LogP contribution < -0.4 is 10.1 Å². The maximum atomic E-state index is 12.2. The fraction of sp³-hybridized carbons (Fsp3) is 0.235. The zero-order chi connectivity index (χ0) is 16.8. The van der Waals surface area contributed by atoms with E-state index in [0.717, 1.165) is 16.2 Å². The molecule has 0 saturated carbocycles. The molecule has 0 aliphatic heterocycles. The first kappa shape index (κ1) is 18.0. The molecule has 1 amide bonds. The quantitative estimate of drug-likeness (QED) is 0.730. The van der Waals surface area contributed by atoms with Gasteiger partial charge in [0.1, 0.15) is 5.75 Å². The van der Waals surface area contributed by atoms with E-state index in [4.69, 9.17) is 27.9 Å². The highest BCUT2D eigenvalue weighted by Crippen LogP contribution is 2.33. The van der Waals surface area contributed by atoms with Crippen LogP contribution in [0.4, 0.5) is 0 Å². The Kier molecular flexibility index (Phi) is 6.63. The molecule has 23 heavy (non-hydrogen) atoms. The molecule has 6 heteroatoms. The van der Waals surface area contributed by atoms with Crippen molar-refractivity contribution in [3.63, 3.8) is 0 Å². The van der Waals surface area contributed by atoms with E-state index in [1.807, 2.05) is 31.2 Å². The number of rotatable bonds is 6. The molecule has 0 aliphatic carbocycles. The molecular weight excluding hydrogens is 353 g/mol. The number of carbonyl (C=O) groups is 1. The molecule has 0 saturated heterocycles. The lowest BCUT2D eigenvalue weighted by Crippen LogP contribution is -2.28. The number of benzene rings is 2. The minimum atomic E-state index is -0.152. The predicted molar refractivity (Wildman–Crippen MR) is 96.7 cm³/mol.